The van der Waals surface area contributed by atoms with Crippen LogP contribution in [-0.4, -0.2) is 0 Å². The van der Waals surface area contributed by atoms with Crippen LogP contribution in [-0.2, 0) is 12.8 Å². The number of aryl methyl sites for hydroxylation is 2. The molecule has 73 valence electrons. The predicted molar refractivity (Wildman–Crippen MR) is 62.7 cm³/mol. The molecule has 0 amide bonds. The third-order valence-corrected chi connectivity index (χ3v) is 3.15. The first-order valence-corrected chi connectivity index (χ1v) is 5.52. The Bertz CT molecular complexity index is 469. The highest BCUT2D eigenvalue weighted by atomic mass is 14.2. The lowest BCUT2D eigenvalue weighted by molar-refractivity contribution is 0.912. The summed E-state index contributed by atoms with van der Waals surface area (Å²) in [4.78, 5) is 0. The average Bonchev–Trinajstić information content (AvgIpc) is 2.77. The minimum atomic E-state index is 1.25. The number of rotatable bonds is 1. The Morgan fingerprint density at radius 1 is 0.800 bits per heavy atom. The molecule has 0 N–H and O–H groups in total. The summed E-state index contributed by atoms with van der Waals surface area (Å²) in [5, 5.41) is 0. The minimum Gasteiger partial charge on any atom is -0.0582 e. The molecule has 0 atom stereocenters. The van der Waals surface area contributed by atoms with Gasteiger partial charge in [-0.3, -0.25) is 0 Å². The molecule has 0 bridgehead atoms. The van der Waals surface area contributed by atoms with Crippen LogP contribution in [0.2, 0.25) is 0 Å². The van der Waals surface area contributed by atoms with E-state index in [4.69, 9.17) is 0 Å². The van der Waals surface area contributed by atoms with Crippen LogP contribution in [0.5, 0.6) is 0 Å². The highest BCUT2D eigenvalue weighted by Crippen LogP contribution is 2.27. The Morgan fingerprint density at radius 3 is 2.47 bits per heavy atom. The molecule has 0 heterocycles. The van der Waals surface area contributed by atoms with Gasteiger partial charge in [-0.1, -0.05) is 42.5 Å². The zero-order chi connectivity index (χ0) is 10.1. The predicted octanol–water partition coefficient (Wildman–Crippen LogP) is 3.64. The Hall–Kier alpha value is -1.56. The van der Waals surface area contributed by atoms with Crippen molar-refractivity contribution in [3.8, 4) is 11.1 Å². The molecule has 0 saturated heterocycles. The van der Waals surface area contributed by atoms with E-state index in [1.165, 1.54) is 30.4 Å². The fraction of sp³-hybridized carbons (Fsp3) is 0.200. The molecule has 0 fully saturated rings. The molecule has 0 aromatic heterocycles. The fourth-order valence-electron chi connectivity index (χ4n) is 2.33. The Kier molecular flexibility index (Phi) is 2.06. The monoisotopic (exact) mass is 193 g/mol. The van der Waals surface area contributed by atoms with Gasteiger partial charge in [-0.2, -0.15) is 0 Å². The van der Waals surface area contributed by atoms with Gasteiger partial charge in [0.05, 0.1) is 0 Å². The first-order chi connectivity index (χ1) is 7.43. The molecule has 1 aliphatic rings. The molecule has 0 saturated carbocycles. The van der Waals surface area contributed by atoms with Gasteiger partial charge in [-0.05, 0) is 47.6 Å². The van der Waals surface area contributed by atoms with Crippen molar-refractivity contribution in [2.45, 2.75) is 19.3 Å². The normalized spacial score (nSPS) is 13.9. The maximum atomic E-state index is 3.05. The van der Waals surface area contributed by atoms with Gasteiger partial charge in [0.15, 0.2) is 0 Å². The van der Waals surface area contributed by atoms with Gasteiger partial charge in [0.1, 0.15) is 0 Å². The molecule has 0 unspecified atom stereocenters. The highest BCUT2D eigenvalue weighted by molar-refractivity contribution is 5.65. The highest BCUT2D eigenvalue weighted by Gasteiger charge is 2.10. The maximum absolute atomic E-state index is 3.05. The number of fused-ring (bicyclic) bond motifs is 1. The summed E-state index contributed by atoms with van der Waals surface area (Å²) in [5.74, 6) is 0. The van der Waals surface area contributed by atoms with E-state index in [9.17, 15) is 0 Å². The molecule has 0 spiro atoms. The van der Waals surface area contributed by atoms with Crippen LogP contribution in [0.15, 0.2) is 42.5 Å². The zero-order valence-electron chi connectivity index (χ0n) is 8.66. The average molecular weight is 193 g/mol. The lowest BCUT2D eigenvalue weighted by Crippen LogP contribution is -1.84. The SMILES string of the molecule is [c]1ccc(-c2ccc3c(c2)CCC3)cc1. The third kappa shape index (κ3) is 1.56. The quantitative estimate of drug-likeness (QED) is 0.648. The Balaban J connectivity index is 2.07. The zero-order valence-corrected chi connectivity index (χ0v) is 8.66. The molecule has 0 nitrogen and oxygen atoms in total. The minimum absolute atomic E-state index is 1.25. The van der Waals surface area contributed by atoms with Crippen molar-refractivity contribution in [1.82, 2.24) is 0 Å². The second-order valence-corrected chi connectivity index (χ2v) is 4.13. The van der Waals surface area contributed by atoms with Crippen LogP contribution < -0.4 is 0 Å². The van der Waals surface area contributed by atoms with Gasteiger partial charge in [0.25, 0.3) is 0 Å². The standard InChI is InChI=1S/C15H13/c1-2-5-12(6-3-1)15-10-9-13-7-4-8-14(13)11-15/h2-3,5-6,9-11H,4,7-8H2. The molecule has 0 heteroatoms. The number of benzene rings is 2. The van der Waals surface area contributed by atoms with Crippen molar-refractivity contribution in [3.05, 3.63) is 59.7 Å². The first kappa shape index (κ1) is 8.72. The van der Waals surface area contributed by atoms with Crippen molar-refractivity contribution in [1.29, 1.82) is 0 Å². The van der Waals surface area contributed by atoms with Crippen LogP contribution >= 0.6 is 0 Å². The van der Waals surface area contributed by atoms with Gasteiger partial charge >= 0.3 is 0 Å². The summed E-state index contributed by atoms with van der Waals surface area (Å²) < 4.78 is 0. The Labute approximate surface area is 90.6 Å². The summed E-state index contributed by atoms with van der Waals surface area (Å²) in [7, 11) is 0. The van der Waals surface area contributed by atoms with E-state index >= 15 is 0 Å². The van der Waals surface area contributed by atoms with Crippen LogP contribution in [0.1, 0.15) is 17.5 Å². The van der Waals surface area contributed by atoms with Gasteiger partial charge < -0.3 is 0 Å². The molecule has 1 radical (unpaired) electrons. The van der Waals surface area contributed by atoms with E-state index in [1.807, 2.05) is 12.1 Å². The second kappa shape index (κ2) is 3.54. The van der Waals surface area contributed by atoms with E-state index in [0.29, 0.717) is 0 Å². The number of hydrogen-bond acceptors (Lipinski definition) is 0. The van der Waals surface area contributed by atoms with E-state index in [-0.39, 0.29) is 0 Å². The van der Waals surface area contributed by atoms with Gasteiger partial charge in [-0.15, -0.1) is 0 Å². The molecule has 2 aromatic rings. The van der Waals surface area contributed by atoms with Crippen molar-refractivity contribution >= 4 is 0 Å². The first-order valence-electron chi connectivity index (χ1n) is 5.52. The molecule has 15 heavy (non-hydrogen) atoms. The van der Waals surface area contributed by atoms with E-state index < -0.39 is 0 Å². The third-order valence-electron chi connectivity index (χ3n) is 3.15. The molecular weight excluding hydrogens is 180 g/mol. The maximum Gasteiger partial charge on any atom is -0.0181 e. The smallest absolute Gasteiger partial charge is 0.0181 e. The lowest BCUT2D eigenvalue weighted by atomic mass is 10.0. The van der Waals surface area contributed by atoms with Crippen LogP contribution in [0.25, 0.3) is 11.1 Å². The Morgan fingerprint density at radius 2 is 1.60 bits per heavy atom. The summed E-state index contributed by atoms with van der Waals surface area (Å²) in [6.07, 6.45) is 3.83. The molecule has 1 aliphatic carbocycles. The number of hydrogen-bond donors (Lipinski definition) is 0. The lowest BCUT2D eigenvalue weighted by Gasteiger charge is -2.04. The molecule has 3 rings (SSSR count). The molecule has 2 aromatic carbocycles. The van der Waals surface area contributed by atoms with Gasteiger partial charge in [0, 0.05) is 0 Å². The van der Waals surface area contributed by atoms with Crippen molar-refractivity contribution in [2.75, 3.05) is 0 Å². The van der Waals surface area contributed by atoms with Gasteiger partial charge in [-0.25, -0.2) is 0 Å². The van der Waals surface area contributed by atoms with Gasteiger partial charge in [0.2, 0.25) is 0 Å². The van der Waals surface area contributed by atoms with Crippen LogP contribution in [0.3, 0.4) is 0 Å². The summed E-state index contributed by atoms with van der Waals surface area (Å²) in [5.41, 5.74) is 5.72. The van der Waals surface area contributed by atoms with Crippen molar-refractivity contribution in [2.24, 2.45) is 0 Å². The summed E-state index contributed by atoms with van der Waals surface area (Å²) in [6.45, 7) is 0. The summed E-state index contributed by atoms with van der Waals surface area (Å²) >= 11 is 0. The largest absolute Gasteiger partial charge is 0.0582 e. The summed E-state index contributed by atoms with van der Waals surface area (Å²) in [6, 6.07) is 18.1. The molecular formula is C15H13. The van der Waals surface area contributed by atoms with Crippen molar-refractivity contribution < 1.29 is 0 Å². The van der Waals surface area contributed by atoms with E-state index in [1.54, 1.807) is 11.1 Å². The van der Waals surface area contributed by atoms with Crippen LogP contribution in [0, 0.1) is 6.07 Å². The topological polar surface area (TPSA) is 0 Å². The van der Waals surface area contributed by atoms with E-state index in [2.05, 4.69) is 36.4 Å². The second-order valence-electron chi connectivity index (χ2n) is 4.13. The molecule has 0 aliphatic heterocycles. The van der Waals surface area contributed by atoms with Crippen molar-refractivity contribution in [3.63, 3.8) is 0 Å². The van der Waals surface area contributed by atoms with Crippen LogP contribution in [0.4, 0.5) is 0 Å². The van der Waals surface area contributed by atoms with E-state index in [0.717, 1.165) is 0 Å². The fourth-order valence-corrected chi connectivity index (χ4v) is 2.33.